The molecule has 0 radical (unpaired) electrons. The maximum Gasteiger partial charge on any atom is 0.269 e. The summed E-state index contributed by atoms with van der Waals surface area (Å²) in [5.41, 5.74) is 0.972. The lowest BCUT2D eigenvalue weighted by Gasteiger charge is -2.09. The molecule has 1 heterocycles. The summed E-state index contributed by atoms with van der Waals surface area (Å²) in [6.45, 7) is 1.46. The van der Waals surface area contributed by atoms with Crippen molar-refractivity contribution in [2.75, 3.05) is 13.2 Å². The van der Waals surface area contributed by atoms with Gasteiger partial charge in [0.25, 0.3) is 5.91 Å². The molecule has 0 spiro atoms. The number of aliphatic hydroxyl groups is 1. The Morgan fingerprint density at radius 1 is 1.23 bits per heavy atom. The second-order valence-corrected chi connectivity index (χ2v) is 8.06. The van der Waals surface area contributed by atoms with Gasteiger partial charge in [0, 0.05) is 22.5 Å². The number of amides is 1. The first-order valence-electron chi connectivity index (χ1n) is 7.87. The van der Waals surface area contributed by atoms with Crippen LogP contribution in [0.2, 0.25) is 5.02 Å². The number of aliphatic hydroxyl groups excluding tert-OH is 1. The summed E-state index contributed by atoms with van der Waals surface area (Å²) >= 11 is 6.05. The van der Waals surface area contributed by atoms with Crippen molar-refractivity contribution in [3.05, 3.63) is 58.7 Å². The number of nitrogens with one attached hydrogen (secondary N) is 2. The van der Waals surface area contributed by atoms with Crippen LogP contribution >= 0.6 is 11.6 Å². The van der Waals surface area contributed by atoms with Crippen molar-refractivity contribution in [1.82, 2.24) is 10.3 Å². The molecule has 2 aromatic carbocycles. The summed E-state index contributed by atoms with van der Waals surface area (Å²) < 4.78 is 26.7. The van der Waals surface area contributed by atoms with Gasteiger partial charge in [-0.15, -0.1) is 0 Å². The van der Waals surface area contributed by atoms with Crippen LogP contribution < -0.4 is 5.32 Å². The Balaban J connectivity index is 2.31. The Morgan fingerprint density at radius 2 is 1.96 bits per heavy atom. The number of hydrogen-bond acceptors (Lipinski definition) is 4. The molecule has 6 nitrogen and oxygen atoms in total. The lowest BCUT2D eigenvalue weighted by Crippen LogP contribution is -2.28. The van der Waals surface area contributed by atoms with Gasteiger partial charge in [-0.1, -0.05) is 29.8 Å². The SMILES string of the molecule is Cc1ccccc1S(=O)(=O)c1c(C(=O)NCCO)[nH]c2ccc(Cl)cc12. The molecule has 0 fully saturated rings. The van der Waals surface area contributed by atoms with Crippen molar-refractivity contribution >= 4 is 38.2 Å². The lowest BCUT2D eigenvalue weighted by atomic mass is 10.2. The molecule has 1 aromatic heterocycles. The summed E-state index contributed by atoms with van der Waals surface area (Å²) in [7, 11) is -3.98. The zero-order valence-electron chi connectivity index (χ0n) is 13.9. The van der Waals surface area contributed by atoms with E-state index in [2.05, 4.69) is 10.3 Å². The van der Waals surface area contributed by atoms with Crippen LogP contribution in [-0.4, -0.2) is 37.6 Å². The molecule has 0 atom stereocenters. The highest BCUT2D eigenvalue weighted by Gasteiger charge is 2.30. The van der Waals surface area contributed by atoms with Gasteiger partial charge in [0.15, 0.2) is 0 Å². The first kappa shape index (κ1) is 18.4. The standard InChI is InChI=1S/C18H17ClN2O4S/c1-11-4-2-3-5-15(11)26(24,25)17-13-10-12(19)6-7-14(13)21-16(17)18(23)20-8-9-22/h2-7,10,21-22H,8-9H2,1H3,(H,20,23). The maximum atomic E-state index is 13.3. The van der Waals surface area contributed by atoms with E-state index in [4.69, 9.17) is 16.7 Å². The number of sulfone groups is 1. The molecule has 26 heavy (non-hydrogen) atoms. The number of aromatic amines is 1. The van der Waals surface area contributed by atoms with Crippen LogP contribution in [0, 0.1) is 6.92 Å². The van der Waals surface area contributed by atoms with Crippen molar-refractivity contribution in [3.8, 4) is 0 Å². The zero-order chi connectivity index (χ0) is 18.9. The lowest BCUT2D eigenvalue weighted by molar-refractivity contribution is 0.0937. The number of carbonyl (C=O) groups is 1. The molecular formula is C18H17ClN2O4S. The fourth-order valence-electron chi connectivity index (χ4n) is 2.80. The summed E-state index contributed by atoms with van der Waals surface area (Å²) in [5.74, 6) is -0.612. The third-order valence-corrected chi connectivity index (χ3v) is 6.22. The minimum atomic E-state index is -3.98. The monoisotopic (exact) mass is 392 g/mol. The van der Waals surface area contributed by atoms with Crippen LogP contribution in [-0.2, 0) is 9.84 Å². The van der Waals surface area contributed by atoms with E-state index in [1.807, 2.05) is 0 Å². The Bertz CT molecular complexity index is 1090. The molecule has 8 heteroatoms. The van der Waals surface area contributed by atoms with Crippen LogP contribution in [0.25, 0.3) is 10.9 Å². The molecule has 0 aliphatic heterocycles. The number of halogens is 1. The van der Waals surface area contributed by atoms with E-state index < -0.39 is 15.7 Å². The van der Waals surface area contributed by atoms with E-state index in [-0.39, 0.29) is 28.6 Å². The van der Waals surface area contributed by atoms with E-state index in [0.29, 0.717) is 21.5 Å². The topological polar surface area (TPSA) is 99.3 Å². The average Bonchev–Trinajstić information content (AvgIpc) is 2.99. The summed E-state index contributed by atoms with van der Waals surface area (Å²) in [6.07, 6.45) is 0. The number of aryl methyl sites for hydroxylation is 1. The molecule has 0 saturated carbocycles. The normalized spacial score (nSPS) is 11.7. The van der Waals surface area contributed by atoms with Gasteiger partial charge < -0.3 is 15.4 Å². The number of benzene rings is 2. The van der Waals surface area contributed by atoms with Gasteiger partial charge >= 0.3 is 0 Å². The minimum Gasteiger partial charge on any atom is -0.395 e. The van der Waals surface area contributed by atoms with E-state index in [0.717, 1.165) is 0 Å². The van der Waals surface area contributed by atoms with Crippen molar-refractivity contribution in [2.24, 2.45) is 0 Å². The molecule has 0 aliphatic carbocycles. The van der Waals surface area contributed by atoms with Gasteiger partial charge in [0.05, 0.1) is 11.5 Å². The Labute approximate surface area is 155 Å². The van der Waals surface area contributed by atoms with Gasteiger partial charge in [-0.25, -0.2) is 8.42 Å². The molecular weight excluding hydrogens is 376 g/mol. The molecule has 0 aliphatic rings. The number of rotatable bonds is 5. The highest BCUT2D eigenvalue weighted by molar-refractivity contribution is 7.91. The predicted octanol–water partition coefficient (Wildman–Crippen LogP) is 2.68. The zero-order valence-corrected chi connectivity index (χ0v) is 15.5. The Hall–Kier alpha value is -2.35. The highest BCUT2D eigenvalue weighted by Crippen LogP contribution is 2.34. The predicted molar refractivity (Wildman–Crippen MR) is 99.4 cm³/mol. The summed E-state index contributed by atoms with van der Waals surface area (Å²) in [5, 5.41) is 12.1. The molecule has 0 unspecified atom stereocenters. The number of H-pyrrole nitrogens is 1. The highest BCUT2D eigenvalue weighted by atomic mass is 35.5. The molecule has 3 rings (SSSR count). The number of fused-ring (bicyclic) bond motifs is 1. The summed E-state index contributed by atoms with van der Waals surface area (Å²) in [4.78, 5) is 15.4. The quantitative estimate of drug-likeness (QED) is 0.621. The maximum absolute atomic E-state index is 13.3. The third-order valence-electron chi connectivity index (χ3n) is 3.99. The number of hydrogen-bond donors (Lipinski definition) is 3. The van der Waals surface area contributed by atoms with Gasteiger partial charge in [-0.3, -0.25) is 4.79 Å². The van der Waals surface area contributed by atoms with Crippen LogP contribution in [0.5, 0.6) is 0 Å². The van der Waals surface area contributed by atoms with E-state index in [9.17, 15) is 13.2 Å². The fraction of sp³-hybridized carbons (Fsp3) is 0.167. The Kier molecular flexibility index (Phi) is 5.04. The minimum absolute atomic E-state index is 0.0127. The molecule has 0 saturated heterocycles. The van der Waals surface area contributed by atoms with Crippen molar-refractivity contribution in [3.63, 3.8) is 0 Å². The fourth-order valence-corrected chi connectivity index (χ4v) is 4.82. The number of carbonyl (C=O) groups excluding carboxylic acids is 1. The third kappa shape index (κ3) is 3.21. The van der Waals surface area contributed by atoms with Crippen LogP contribution in [0.3, 0.4) is 0 Å². The van der Waals surface area contributed by atoms with Crippen molar-refractivity contribution in [2.45, 2.75) is 16.7 Å². The first-order chi connectivity index (χ1) is 12.4. The molecule has 3 aromatic rings. The van der Waals surface area contributed by atoms with Crippen molar-refractivity contribution in [1.29, 1.82) is 0 Å². The second kappa shape index (κ2) is 7.11. The molecule has 1 amide bonds. The van der Waals surface area contributed by atoms with Gasteiger partial charge in [0.1, 0.15) is 10.6 Å². The van der Waals surface area contributed by atoms with E-state index >= 15 is 0 Å². The molecule has 136 valence electrons. The number of aromatic nitrogens is 1. The second-order valence-electron chi connectivity index (χ2n) is 5.77. The first-order valence-corrected chi connectivity index (χ1v) is 9.73. The molecule has 0 bridgehead atoms. The van der Waals surface area contributed by atoms with Crippen LogP contribution in [0.4, 0.5) is 0 Å². The Morgan fingerprint density at radius 3 is 2.65 bits per heavy atom. The largest absolute Gasteiger partial charge is 0.395 e. The smallest absolute Gasteiger partial charge is 0.269 e. The van der Waals surface area contributed by atoms with Crippen LogP contribution in [0.1, 0.15) is 16.1 Å². The van der Waals surface area contributed by atoms with Gasteiger partial charge in [0.2, 0.25) is 9.84 Å². The average molecular weight is 393 g/mol. The van der Waals surface area contributed by atoms with Gasteiger partial charge in [-0.05, 0) is 36.8 Å². The van der Waals surface area contributed by atoms with Gasteiger partial charge in [-0.2, -0.15) is 0 Å². The van der Waals surface area contributed by atoms with E-state index in [1.165, 1.54) is 12.1 Å². The van der Waals surface area contributed by atoms with Crippen LogP contribution in [0.15, 0.2) is 52.3 Å². The molecule has 3 N–H and O–H groups in total. The van der Waals surface area contributed by atoms with E-state index in [1.54, 1.807) is 37.3 Å². The van der Waals surface area contributed by atoms with Crippen molar-refractivity contribution < 1.29 is 18.3 Å². The summed E-state index contributed by atoms with van der Waals surface area (Å²) in [6, 6.07) is 11.3.